The number of aromatic nitrogens is 3. The molecule has 0 unspecified atom stereocenters. The summed E-state index contributed by atoms with van der Waals surface area (Å²) in [6.45, 7) is 0.0242. The van der Waals surface area contributed by atoms with Crippen LogP contribution in [0.3, 0.4) is 0 Å². The average molecular weight is 411 g/mol. The van der Waals surface area contributed by atoms with Gasteiger partial charge in [0, 0.05) is 27.8 Å². The lowest BCUT2D eigenvalue weighted by Gasteiger charge is -2.12. The second-order valence-corrected chi connectivity index (χ2v) is 6.48. The summed E-state index contributed by atoms with van der Waals surface area (Å²) in [6, 6.07) is 7.91. The van der Waals surface area contributed by atoms with E-state index < -0.39 is 17.6 Å². The molecule has 4 aromatic rings. The van der Waals surface area contributed by atoms with E-state index in [0.717, 1.165) is 0 Å². The molecule has 28 heavy (non-hydrogen) atoms. The molecule has 2 heterocycles. The number of hydrogen-bond donors (Lipinski definition) is 1. The molecule has 0 bridgehead atoms. The molecule has 2 aromatic heterocycles. The minimum atomic E-state index is -4.58. The maximum Gasteiger partial charge on any atom is 0.419 e. The zero-order valence-corrected chi connectivity index (χ0v) is 14.7. The third-order valence-electron chi connectivity index (χ3n) is 4.21. The minimum absolute atomic E-state index is 0.0242. The van der Waals surface area contributed by atoms with Gasteiger partial charge in [-0.1, -0.05) is 16.8 Å². The maximum absolute atomic E-state index is 13.9. The first-order valence-corrected chi connectivity index (χ1v) is 8.34. The monoisotopic (exact) mass is 410 g/mol. The lowest BCUT2D eigenvalue weighted by Crippen LogP contribution is -2.09. The van der Waals surface area contributed by atoms with E-state index in [1.54, 1.807) is 0 Å². The molecule has 144 valence electrons. The van der Waals surface area contributed by atoms with E-state index in [1.807, 2.05) is 0 Å². The first-order valence-electron chi connectivity index (χ1n) is 7.96. The Balaban J connectivity index is 1.70. The van der Waals surface area contributed by atoms with Crippen LogP contribution in [0.4, 0.5) is 23.2 Å². The van der Waals surface area contributed by atoms with Crippen molar-refractivity contribution in [2.45, 2.75) is 12.7 Å². The lowest BCUT2D eigenvalue weighted by molar-refractivity contribution is -0.135. The molecule has 0 amide bonds. The minimum Gasteiger partial charge on any atom is -0.398 e. The van der Waals surface area contributed by atoms with Gasteiger partial charge in [0.05, 0.1) is 17.7 Å². The molecule has 2 N–H and O–H groups in total. The number of nitrogen functional groups attached to an aromatic ring is 1. The number of benzene rings is 2. The fourth-order valence-corrected chi connectivity index (χ4v) is 3.16. The molecule has 0 spiro atoms. The molecule has 0 radical (unpaired) electrons. The highest BCUT2D eigenvalue weighted by atomic mass is 35.5. The van der Waals surface area contributed by atoms with Crippen molar-refractivity contribution in [3.8, 4) is 11.5 Å². The van der Waals surface area contributed by atoms with Crippen LogP contribution in [-0.2, 0) is 12.7 Å². The molecule has 0 aliphatic heterocycles. The van der Waals surface area contributed by atoms with Crippen LogP contribution in [0.5, 0.6) is 0 Å². The van der Waals surface area contributed by atoms with Gasteiger partial charge < -0.3 is 14.8 Å². The molecule has 0 saturated heterocycles. The van der Waals surface area contributed by atoms with Crippen LogP contribution >= 0.6 is 11.6 Å². The van der Waals surface area contributed by atoms with Gasteiger partial charge in [0.2, 0.25) is 0 Å². The summed E-state index contributed by atoms with van der Waals surface area (Å²) < 4.78 is 60.4. The Kier molecular flexibility index (Phi) is 4.26. The van der Waals surface area contributed by atoms with Crippen molar-refractivity contribution in [2.24, 2.45) is 0 Å². The predicted octanol–water partition coefficient (Wildman–Crippen LogP) is 5.13. The van der Waals surface area contributed by atoms with Crippen LogP contribution in [0.1, 0.15) is 11.4 Å². The third-order valence-corrected chi connectivity index (χ3v) is 4.44. The summed E-state index contributed by atoms with van der Waals surface area (Å²) in [4.78, 5) is 4.11. The molecular weight excluding hydrogens is 400 g/mol. The lowest BCUT2D eigenvalue weighted by atomic mass is 10.1. The van der Waals surface area contributed by atoms with Crippen molar-refractivity contribution in [3.63, 3.8) is 0 Å². The van der Waals surface area contributed by atoms with E-state index >= 15 is 0 Å². The number of nitrogens with two attached hydrogens (primary N) is 1. The Morgan fingerprint density at radius 1 is 1.14 bits per heavy atom. The van der Waals surface area contributed by atoms with Gasteiger partial charge in [-0.25, -0.2) is 4.39 Å². The second kappa shape index (κ2) is 6.52. The molecule has 0 atom stereocenters. The summed E-state index contributed by atoms with van der Waals surface area (Å²) >= 11 is 5.86. The van der Waals surface area contributed by atoms with Crippen molar-refractivity contribution in [3.05, 3.63) is 64.8 Å². The molecule has 2 aromatic carbocycles. The highest BCUT2D eigenvalue weighted by Crippen LogP contribution is 2.39. The molecule has 10 heteroatoms. The normalized spacial score (nSPS) is 12.0. The summed E-state index contributed by atoms with van der Waals surface area (Å²) in [5.41, 5.74) is 4.62. The van der Waals surface area contributed by atoms with Gasteiger partial charge in [-0.05, 0) is 36.4 Å². The summed E-state index contributed by atoms with van der Waals surface area (Å²) in [5, 5.41) is 4.04. The second-order valence-electron chi connectivity index (χ2n) is 6.04. The van der Waals surface area contributed by atoms with Crippen molar-refractivity contribution in [1.29, 1.82) is 0 Å². The number of nitrogens with zero attached hydrogens (tertiary/aromatic N) is 3. The molecule has 0 aliphatic carbocycles. The molecule has 0 saturated carbocycles. The Morgan fingerprint density at radius 3 is 2.68 bits per heavy atom. The number of halogens is 5. The van der Waals surface area contributed by atoms with Crippen LogP contribution in [-0.4, -0.2) is 14.7 Å². The Hall–Kier alpha value is -3.07. The largest absolute Gasteiger partial charge is 0.419 e. The number of fused-ring (bicyclic) bond motifs is 1. The van der Waals surface area contributed by atoms with E-state index in [4.69, 9.17) is 21.9 Å². The fourth-order valence-electron chi connectivity index (χ4n) is 2.98. The number of alkyl halides is 3. The Bertz CT molecular complexity index is 1180. The van der Waals surface area contributed by atoms with Crippen molar-refractivity contribution in [1.82, 2.24) is 14.7 Å². The van der Waals surface area contributed by atoms with Gasteiger partial charge in [0.25, 0.3) is 5.89 Å². The molecule has 4 rings (SSSR count). The van der Waals surface area contributed by atoms with Gasteiger partial charge in [0.1, 0.15) is 5.82 Å². The smallest absolute Gasteiger partial charge is 0.398 e. The van der Waals surface area contributed by atoms with Crippen molar-refractivity contribution < 1.29 is 22.1 Å². The summed E-state index contributed by atoms with van der Waals surface area (Å²) in [5.74, 6) is -0.500. The van der Waals surface area contributed by atoms with Crippen LogP contribution < -0.4 is 5.73 Å². The van der Waals surface area contributed by atoms with E-state index in [0.29, 0.717) is 10.5 Å². The molecule has 5 nitrogen and oxygen atoms in total. The fraction of sp³-hybridized carbons (Fsp3) is 0.111. The number of anilines is 1. The van der Waals surface area contributed by atoms with Crippen LogP contribution in [0.25, 0.3) is 22.4 Å². The maximum atomic E-state index is 13.9. The highest BCUT2D eigenvalue weighted by Gasteiger charge is 2.35. The molecular formula is C18H11ClF4N4O. The highest BCUT2D eigenvalue weighted by molar-refractivity contribution is 6.30. The van der Waals surface area contributed by atoms with Crippen LogP contribution in [0, 0.1) is 5.82 Å². The quantitative estimate of drug-likeness (QED) is 0.375. The summed E-state index contributed by atoms with van der Waals surface area (Å²) in [6.07, 6.45) is -3.12. The summed E-state index contributed by atoms with van der Waals surface area (Å²) in [7, 11) is 0. The predicted molar refractivity (Wildman–Crippen MR) is 95.2 cm³/mol. The standard InChI is InChI=1S/C18H11ClF4N4O/c19-9-1-2-12(20)11(7-9)17-25-15(26-28-17)8-27-6-5-10-14(27)4-3-13(24)16(10)18(21,22)23/h1-7H,8,24H2. The third kappa shape index (κ3) is 3.18. The van der Waals surface area contributed by atoms with Gasteiger partial charge in [-0.2, -0.15) is 18.2 Å². The number of rotatable bonds is 3. The SMILES string of the molecule is Nc1ccc2c(ccn2Cc2noc(-c3cc(Cl)ccc3F)n2)c1C(F)(F)F. The van der Waals surface area contributed by atoms with E-state index in [1.165, 1.54) is 47.2 Å². The van der Waals surface area contributed by atoms with Crippen LogP contribution in [0.15, 0.2) is 47.1 Å². The van der Waals surface area contributed by atoms with Gasteiger partial charge in [0.15, 0.2) is 5.82 Å². The van der Waals surface area contributed by atoms with Gasteiger partial charge in [-0.3, -0.25) is 0 Å². The van der Waals surface area contributed by atoms with E-state index in [9.17, 15) is 17.6 Å². The average Bonchev–Trinajstić information content (AvgIpc) is 3.23. The van der Waals surface area contributed by atoms with E-state index in [-0.39, 0.29) is 34.9 Å². The van der Waals surface area contributed by atoms with Crippen molar-refractivity contribution in [2.75, 3.05) is 5.73 Å². The van der Waals surface area contributed by atoms with Gasteiger partial charge >= 0.3 is 6.18 Å². The zero-order chi connectivity index (χ0) is 20.1. The first kappa shape index (κ1) is 18.3. The topological polar surface area (TPSA) is 69.9 Å². The Morgan fingerprint density at radius 2 is 1.93 bits per heavy atom. The zero-order valence-electron chi connectivity index (χ0n) is 14.0. The molecule has 0 aliphatic rings. The first-order chi connectivity index (χ1) is 13.2. The van der Waals surface area contributed by atoms with Crippen LogP contribution in [0.2, 0.25) is 5.02 Å². The van der Waals surface area contributed by atoms with E-state index in [2.05, 4.69) is 10.1 Å². The van der Waals surface area contributed by atoms with Crippen molar-refractivity contribution >= 4 is 28.2 Å². The molecule has 0 fully saturated rings. The van der Waals surface area contributed by atoms with Gasteiger partial charge in [-0.15, -0.1) is 0 Å². The Labute approximate surface area is 160 Å². The number of hydrogen-bond acceptors (Lipinski definition) is 4.